The topological polar surface area (TPSA) is 41.6 Å². The fourth-order valence-corrected chi connectivity index (χ4v) is 2.28. The molecule has 0 aromatic carbocycles. The fourth-order valence-electron chi connectivity index (χ4n) is 2.28. The van der Waals surface area contributed by atoms with Crippen LogP contribution in [0.3, 0.4) is 0 Å². The number of amides is 1. The zero-order valence-corrected chi connectivity index (χ0v) is 10.8. The normalized spacial score (nSPS) is 24.6. The minimum Gasteiger partial charge on any atom is -0.381 e. The average molecular weight is 240 g/mol. The van der Waals surface area contributed by atoms with E-state index < -0.39 is 0 Å². The molecule has 1 unspecified atom stereocenters. The predicted octanol–water partition coefficient (Wildman–Crippen LogP) is 0.871. The van der Waals surface area contributed by atoms with Gasteiger partial charge < -0.3 is 15.0 Å². The van der Waals surface area contributed by atoms with Gasteiger partial charge in [0.1, 0.15) is 0 Å². The Bertz CT molecular complexity index is 248. The molecule has 2 aliphatic rings. The summed E-state index contributed by atoms with van der Waals surface area (Å²) in [5, 5.41) is 3.24. The molecule has 98 valence electrons. The lowest BCUT2D eigenvalue weighted by atomic mass is 10.0. The van der Waals surface area contributed by atoms with E-state index in [1.807, 2.05) is 11.9 Å². The zero-order chi connectivity index (χ0) is 12.1. The number of nitrogens with zero attached hydrogens (tertiary/aromatic N) is 1. The van der Waals surface area contributed by atoms with E-state index in [4.69, 9.17) is 4.74 Å². The molecule has 0 bridgehead atoms. The molecule has 0 aromatic heterocycles. The molecular weight excluding hydrogens is 216 g/mol. The largest absolute Gasteiger partial charge is 0.381 e. The number of hydrogen-bond donors (Lipinski definition) is 1. The van der Waals surface area contributed by atoms with Crippen molar-refractivity contribution in [3.63, 3.8) is 0 Å². The molecule has 2 fully saturated rings. The SMILES string of the molecule is CN(CC1CCCOC1)C(=O)CNCC1CC1. The summed E-state index contributed by atoms with van der Waals surface area (Å²) in [4.78, 5) is 13.7. The van der Waals surface area contributed by atoms with E-state index in [0.717, 1.165) is 38.6 Å². The molecule has 1 aliphatic heterocycles. The van der Waals surface area contributed by atoms with Gasteiger partial charge in [-0.2, -0.15) is 0 Å². The predicted molar refractivity (Wildman–Crippen MR) is 66.8 cm³/mol. The van der Waals surface area contributed by atoms with Crippen LogP contribution >= 0.6 is 0 Å². The smallest absolute Gasteiger partial charge is 0.236 e. The lowest BCUT2D eigenvalue weighted by Gasteiger charge is -2.27. The van der Waals surface area contributed by atoms with E-state index in [1.165, 1.54) is 19.3 Å². The fraction of sp³-hybridized carbons (Fsp3) is 0.923. The summed E-state index contributed by atoms with van der Waals surface area (Å²) in [6.07, 6.45) is 4.98. The molecule has 4 heteroatoms. The Morgan fingerprint density at radius 2 is 2.18 bits per heavy atom. The highest BCUT2D eigenvalue weighted by Crippen LogP contribution is 2.27. The Kier molecular flexibility index (Phi) is 4.80. The maximum Gasteiger partial charge on any atom is 0.236 e. The van der Waals surface area contributed by atoms with Gasteiger partial charge in [0.2, 0.25) is 5.91 Å². The summed E-state index contributed by atoms with van der Waals surface area (Å²) in [5.74, 6) is 1.57. The molecule has 4 nitrogen and oxygen atoms in total. The van der Waals surface area contributed by atoms with E-state index in [-0.39, 0.29) is 5.91 Å². The van der Waals surface area contributed by atoms with E-state index in [9.17, 15) is 4.79 Å². The lowest BCUT2D eigenvalue weighted by Crippen LogP contribution is -2.40. The average Bonchev–Trinajstić information content (AvgIpc) is 3.14. The molecule has 1 atom stereocenters. The van der Waals surface area contributed by atoms with E-state index in [2.05, 4.69) is 5.32 Å². The van der Waals surface area contributed by atoms with Gasteiger partial charge in [0.05, 0.1) is 13.2 Å². The Morgan fingerprint density at radius 3 is 2.82 bits per heavy atom. The number of carbonyl (C=O) groups excluding carboxylic acids is 1. The van der Waals surface area contributed by atoms with Crippen molar-refractivity contribution in [1.29, 1.82) is 0 Å². The van der Waals surface area contributed by atoms with Crippen molar-refractivity contribution in [2.45, 2.75) is 25.7 Å². The summed E-state index contributed by atoms with van der Waals surface area (Å²) in [7, 11) is 1.90. The minimum absolute atomic E-state index is 0.205. The monoisotopic (exact) mass is 240 g/mol. The molecule has 1 N–H and O–H groups in total. The number of ether oxygens (including phenoxy) is 1. The quantitative estimate of drug-likeness (QED) is 0.749. The zero-order valence-electron chi connectivity index (χ0n) is 10.8. The van der Waals surface area contributed by atoms with Gasteiger partial charge in [-0.15, -0.1) is 0 Å². The van der Waals surface area contributed by atoms with Crippen molar-refractivity contribution in [2.24, 2.45) is 11.8 Å². The van der Waals surface area contributed by atoms with E-state index in [0.29, 0.717) is 12.5 Å². The van der Waals surface area contributed by atoms with Crippen LogP contribution in [0, 0.1) is 11.8 Å². The van der Waals surface area contributed by atoms with Crippen LogP contribution in [-0.4, -0.2) is 50.7 Å². The van der Waals surface area contributed by atoms with E-state index >= 15 is 0 Å². The number of likely N-dealkylation sites (N-methyl/N-ethyl adjacent to an activating group) is 1. The molecule has 1 saturated heterocycles. The van der Waals surface area contributed by atoms with Crippen LogP contribution in [0.5, 0.6) is 0 Å². The third kappa shape index (κ3) is 4.64. The lowest BCUT2D eigenvalue weighted by molar-refractivity contribution is -0.130. The number of rotatable bonds is 6. The van der Waals surface area contributed by atoms with Crippen molar-refractivity contribution in [3.8, 4) is 0 Å². The Hall–Kier alpha value is -0.610. The van der Waals surface area contributed by atoms with Crippen LogP contribution in [0.15, 0.2) is 0 Å². The maximum absolute atomic E-state index is 11.8. The second kappa shape index (κ2) is 6.36. The van der Waals surface area contributed by atoms with Crippen molar-refractivity contribution in [3.05, 3.63) is 0 Å². The van der Waals surface area contributed by atoms with E-state index in [1.54, 1.807) is 0 Å². The highest BCUT2D eigenvalue weighted by atomic mass is 16.5. The van der Waals surface area contributed by atoms with Crippen molar-refractivity contribution in [1.82, 2.24) is 10.2 Å². The molecule has 0 radical (unpaired) electrons. The first-order valence-corrected chi connectivity index (χ1v) is 6.78. The van der Waals surface area contributed by atoms with Crippen molar-refractivity contribution >= 4 is 5.91 Å². The standard InChI is InChI=1S/C13H24N2O2/c1-15(9-12-3-2-6-17-10-12)13(16)8-14-7-11-4-5-11/h11-12,14H,2-10H2,1H3. The number of hydrogen-bond acceptors (Lipinski definition) is 3. The highest BCUT2D eigenvalue weighted by Gasteiger charge is 2.22. The number of nitrogens with one attached hydrogen (secondary N) is 1. The van der Waals surface area contributed by atoms with Crippen LogP contribution in [0.4, 0.5) is 0 Å². The third-order valence-electron chi connectivity index (χ3n) is 3.62. The molecule has 1 amide bonds. The summed E-state index contributed by atoms with van der Waals surface area (Å²) < 4.78 is 5.43. The molecule has 2 rings (SSSR count). The Balaban J connectivity index is 1.59. The first-order valence-electron chi connectivity index (χ1n) is 6.78. The third-order valence-corrected chi connectivity index (χ3v) is 3.62. The molecule has 1 heterocycles. The molecule has 0 spiro atoms. The van der Waals surface area contributed by atoms with Gasteiger partial charge in [-0.25, -0.2) is 0 Å². The summed E-state index contributed by atoms with van der Waals surface area (Å²) >= 11 is 0. The first kappa shape index (κ1) is 12.8. The van der Waals surface area contributed by atoms with Gasteiger partial charge in [0, 0.05) is 20.2 Å². The van der Waals surface area contributed by atoms with Crippen LogP contribution < -0.4 is 5.32 Å². The molecule has 1 aliphatic carbocycles. The van der Waals surface area contributed by atoms with Gasteiger partial charge >= 0.3 is 0 Å². The Morgan fingerprint density at radius 1 is 1.35 bits per heavy atom. The Labute approximate surface area is 104 Å². The van der Waals surface area contributed by atoms with Gasteiger partial charge in [-0.1, -0.05) is 0 Å². The van der Waals surface area contributed by atoms with Gasteiger partial charge in [-0.3, -0.25) is 4.79 Å². The summed E-state index contributed by atoms with van der Waals surface area (Å²) in [5.41, 5.74) is 0. The van der Waals surface area contributed by atoms with Gasteiger partial charge in [0.25, 0.3) is 0 Å². The molecule has 0 aromatic rings. The molecule has 17 heavy (non-hydrogen) atoms. The van der Waals surface area contributed by atoms with Crippen LogP contribution in [0.1, 0.15) is 25.7 Å². The van der Waals surface area contributed by atoms with Crippen LogP contribution in [0.2, 0.25) is 0 Å². The minimum atomic E-state index is 0.205. The second-order valence-electron chi connectivity index (χ2n) is 5.43. The maximum atomic E-state index is 11.8. The van der Waals surface area contributed by atoms with Gasteiger partial charge in [-0.05, 0) is 44.1 Å². The van der Waals surface area contributed by atoms with Crippen LogP contribution in [-0.2, 0) is 9.53 Å². The van der Waals surface area contributed by atoms with Crippen LogP contribution in [0.25, 0.3) is 0 Å². The van der Waals surface area contributed by atoms with Gasteiger partial charge in [0.15, 0.2) is 0 Å². The molecular formula is C13H24N2O2. The number of carbonyl (C=O) groups is 1. The first-order chi connectivity index (χ1) is 8.25. The van der Waals surface area contributed by atoms with Crippen molar-refractivity contribution < 1.29 is 9.53 Å². The van der Waals surface area contributed by atoms with Crippen molar-refractivity contribution in [2.75, 3.05) is 39.9 Å². The highest BCUT2D eigenvalue weighted by molar-refractivity contribution is 5.77. The summed E-state index contributed by atoms with van der Waals surface area (Å²) in [6.45, 7) is 4.03. The second-order valence-corrected chi connectivity index (χ2v) is 5.43. The molecule has 1 saturated carbocycles. The summed E-state index contributed by atoms with van der Waals surface area (Å²) in [6, 6.07) is 0.